The zero-order valence-electron chi connectivity index (χ0n) is 11.0. The summed E-state index contributed by atoms with van der Waals surface area (Å²) in [5, 5.41) is 3.75. The summed E-state index contributed by atoms with van der Waals surface area (Å²) in [6.07, 6.45) is 8.31. The Morgan fingerprint density at radius 3 is 2.75 bits per heavy atom. The van der Waals surface area contributed by atoms with Gasteiger partial charge < -0.3 is 5.32 Å². The largest absolute Gasteiger partial charge is 0.312 e. The Kier molecular flexibility index (Phi) is 4.66. The maximum Gasteiger partial charge on any atom is 0.0223 e. The van der Waals surface area contributed by atoms with Gasteiger partial charge in [0.2, 0.25) is 0 Å². The van der Waals surface area contributed by atoms with E-state index in [1.807, 2.05) is 0 Å². The summed E-state index contributed by atoms with van der Waals surface area (Å²) in [5.41, 5.74) is 0. The lowest BCUT2D eigenvalue weighted by molar-refractivity contribution is 0.172. The highest BCUT2D eigenvalue weighted by Crippen LogP contribution is 2.34. The van der Waals surface area contributed by atoms with Crippen LogP contribution in [0.4, 0.5) is 0 Å². The topological polar surface area (TPSA) is 15.3 Å². The predicted octanol–water partition coefficient (Wildman–Crippen LogP) is 2.64. The van der Waals surface area contributed by atoms with E-state index in [1.165, 1.54) is 58.2 Å². The molecule has 0 aromatic heterocycles. The number of hydrogen-bond donors (Lipinski definition) is 1. The van der Waals surface area contributed by atoms with Crippen molar-refractivity contribution in [1.29, 1.82) is 0 Å². The molecule has 1 heterocycles. The van der Waals surface area contributed by atoms with Gasteiger partial charge in [-0.25, -0.2) is 0 Å². The third-order valence-electron chi connectivity index (χ3n) is 4.26. The summed E-state index contributed by atoms with van der Waals surface area (Å²) in [7, 11) is 0. The molecule has 94 valence electrons. The second-order valence-corrected chi connectivity index (χ2v) is 5.60. The van der Waals surface area contributed by atoms with Crippen molar-refractivity contribution in [3.05, 3.63) is 0 Å². The van der Waals surface area contributed by atoms with Gasteiger partial charge in [0, 0.05) is 18.6 Å². The molecule has 1 aliphatic heterocycles. The van der Waals surface area contributed by atoms with Crippen molar-refractivity contribution in [2.24, 2.45) is 5.92 Å². The van der Waals surface area contributed by atoms with Crippen molar-refractivity contribution in [1.82, 2.24) is 10.2 Å². The molecule has 0 aromatic rings. The molecule has 1 saturated carbocycles. The van der Waals surface area contributed by atoms with Gasteiger partial charge in [-0.2, -0.15) is 0 Å². The van der Waals surface area contributed by atoms with Gasteiger partial charge in [-0.1, -0.05) is 20.3 Å². The Bertz CT molecular complexity index is 201. The summed E-state index contributed by atoms with van der Waals surface area (Å²) in [5.74, 6) is 1.000. The van der Waals surface area contributed by atoms with E-state index >= 15 is 0 Å². The molecule has 2 atom stereocenters. The fourth-order valence-corrected chi connectivity index (χ4v) is 3.10. The molecule has 2 rings (SSSR count). The number of rotatable bonds is 5. The van der Waals surface area contributed by atoms with E-state index in [9.17, 15) is 0 Å². The van der Waals surface area contributed by atoms with Crippen LogP contribution in [0.15, 0.2) is 0 Å². The Morgan fingerprint density at radius 1 is 1.31 bits per heavy atom. The van der Waals surface area contributed by atoms with E-state index in [4.69, 9.17) is 0 Å². The first-order valence-electron chi connectivity index (χ1n) is 7.32. The normalized spacial score (nSPS) is 30.0. The van der Waals surface area contributed by atoms with Crippen molar-refractivity contribution in [3.63, 3.8) is 0 Å². The molecular formula is C14H28N2. The first-order valence-corrected chi connectivity index (χ1v) is 7.32. The fourth-order valence-electron chi connectivity index (χ4n) is 3.10. The van der Waals surface area contributed by atoms with Crippen molar-refractivity contribution < 1.29 is 0 Å². The molecule has 0 radical (unpaired) electrons. The zero-order chi connectivity index (χ0) is 11.4. The van der Waals surface area contributed by atoms with Crippen LogP contribution >= 0.6 is 0 Å². The molecule has 0 spiro atoms. The minimum atomic E-state index is 0.799. The number of hydrogen-bond acceptors (Lipinski definition) is 2. The first-order chi connectivity index (χ1) is 7.85. The minimum Gasteiger partial charge on any atom is -0.312 e. The van der Waals surface area contributed by atoms with Crippen LogP contribution < -0.4 is 5.32 Å². The molecule has 1 aliphatic carbocycles. The third-order valence-corrected chi connectivity index (χ3v) is 4.26. The molecule has 2 heteroatoms. The SMILES string of the molecule is CCCC(CC)N1CCCNC(C2CC2)C1. The molecule has 0 amide bonds. The van der Waals surface area contributed by atoms with Crippen LogP contribution in [0.3, 0.4) is 0 Å². The lowest BCUT2D eigenvalue weighted by Gasteiger charge is -2.32. The molecule has 0 aromatic carbocycles. The second-order valence-electron chi connectivity index (χ2n) is 5.60. The molecule has 0 bridgehead atoms. The summed E-state index contributed by atoms with van der Waals surface area (Å²) in [4.78, 5) is 2.77. The van der Waals surface area contributed by atoms with Crippen LogP contribution in [0.1, 0.15) is 52.4 Å². The van der Waals surface area contributed by atoms with E-state index in [2.05, 4.69) is 24.1 Å². The van der Waals surface area contributed by atoms with Gasteiger partial charge in [-0.15, -0.1) is 0 Å². The monoisotopic (exact) mass is 224 g/mol. The molecular weight excluding hydrogens is 196 g/mol. The molecule has 1 saturated heterocycles. The smallest absolute Gasteiger partial charge is 0.0223 e. The molecule has 2 aliphatic rings. The van der Waals surface area contributed by atoms with Crippen LogP contribution in [-0.2, 0) is 0 Å². The standard InChI is InChI=1S/C14H28N2/c1-3-6-13(4-2)16-10-5-9-15-14(11-16)12-7-8-12/h12-15H,3-11H2,1-2H3. The highest BCUT2D eigenvalue weighted by molar-refractivity contribution is 4.91. The minimum absolute atomic E-state index is 0.799. The Labute approximate surface area is 101 Å². The highest BCUT2D eigenvalue weighted by atomic mass is 15.2. The fraction of sp³-hybridized carbons (Fsp3) is 1.00. The van der Waals surface area contributed by atoms with Crippen molar-refractivity contribution in [2.45, 2.75) is 64.5 Å². The average Bonchev–Trinajstić information content (AvgIpc) is 3.10. The Balaban J connectivity index is 1.89. The van der Waals surface area contributed by atoms with Gasteiger partial charge in [0.25, 0.3) is 0 Å². The number of nitrogens with zero attached hydrogens (tertiary/aromatic N) is 1. The summed E-state index contributed by atoms with van der Waals surface area (Å²) in [6, 6.07) is 1.64. The third kappa shape index (κ3) is 3.21. The van der Waals surface area contributed by atoms with Crippen LogP contribution in [0.5, 0.6) is 0 Å². The molecule has 2 nitrogen and oxygen atoms in total. The number of nitrogens with one attached hydrogen (secondary N) is 1. The van der Waals surface area contributed by atoms with Crippen LogP contribution in [-0.4, -0.2) is 36.6 Å². The van der Waals surface area contributed by atoms with Crippen LogP contribution in [0, 0.1) is 5.92 Å². The van der Waals surface area contributed by atoms with Crippen molar-refractivity contribution in [3.8, 4) is 0 Å². The zero-order valence-corrected chi connectivity index (χ0v) is 11.0. The summed E-state index contributed by atoms with van der Waals surface area (Å²) >= 11 is 0. The van der Waals surface area contributed by atoms with Gasteiger partial charge in [0.15, 0.2) is 0 Å². The first kappa shape index (κ1) is 12.4. The van der Waals surface area contributed by atoms with Gasteiger partial charge in [0.05, 0.1) is 0 Å². The van der Waals surface area contributed by atoms with Crippen LogP contribution in [0.2, 0.25) is 0 Å². The van der Waals surface area contributed by atoms with E-state index in [-0.39, 0.29) is 0 Å². The van der Waals surface area contributed by atoms with E-state index in [0.717, 1.165) is 18.0 Å². The molecule has 16 heavy (non-hydrogen) atoms. The maximum absolute atomic E-state index is 3.75. The molecule has 2 fully saturated rings. The van der Waals surface area contributed by atoms with E-state index < -0.39 is 0 Å². The van der Waals surface area contributed by atoms with Gasteiger partial charge in [-0.05, 0) is 51.1 Å². The lowest BCUT2D eigenvalue weighted by atomic mass is 10.1. The Hall–Kier alpha value is -0.0800. The molecule has 2 unspecified atom stereocenters. The second kappa shape index (κ2) is 6.02. The van der Waals surface area contributed by atoms with Gasteiger partial charge in [0.1, 0.15) is 0 Å². The Morgan fingerprint density at radius 2 is 2.12 bits per heavy atom. The van der Waals surface area contributed by atoms with Crippen molar-refractivity contribution in [2.75, 3.05) is 19.6 Å². The van der Waals surface area contributed by atoms with E-state index in [1.54, 1.807) is 0 Å². The molecule has 1 N–H and O–H groups in total. The average molecular weight is 224 g/mol. The van der Waals surface area contributed by atoms with Gasteiger partial charge >= 0.3 is 0 Å². The summed E-state index contributed by atoms with van der Waals surface area (Å²) in [6.45, 7) is 8.53. The van der Waals surface area contributed by atoms with Crippen molar-refractivity contribution >= 4 is 0 Å². The van der Waals surface area contributed by atoms with Gasteiger partial charge in [-0.3, -0.25) is 4.90 Å². The van der Waals surface area contributed by atoms with E-state index in [0.29, 0.717) is 0 Å². The van der Waals surface area contributed by atoms with Crippen LogP contribution in [0.25, 0.3) is 0 Å². The summed E-state index contributed by atoms with van der Waals surface area (Å²) < 4.78 is 0. The highest BCUT2D eigenvalue weighted by Gasteiger charge is 2.34. The quantitative estimate of drug-likeness (QED) is 0.772. The lowest BCUT2D eigenvalue weighted by Crippen LogP contribution is -2.43. The maximum atomic E-state index is 3.75. The predicted molar refractivity (Wildman–Crippen MR) is 69.7 cm³/mol.